The van der Waals surface area contributed by atoms with Gasteiger partial charge in [0.25, 0.3) is 0 Å². The van der Waals surface area contributed by atoms with Gasteiger partial charge in [-0.1, -0.05) is 39.0 Å². The fraction of sp³-hybridized carbons (Fsp3) is 0.533. The van der Waals surface area contributed by atoms with E-state index < -0.39 is 0 Å². The maximum Gasteiger partial charge on any atom is 0.188 e. The molecule has 4 heteroatoms. The Morgan fingerprint density at radius 1 is 1.26 bits per heavy atom. The van der Waals surface area contributed by atoms with Crippen molar-refractivity contribution in [3.05, 3.63) is 30.3 Å². The topological polar surface area (TPSA) is 62.4 Å². The standard InChI is InChI=1S/C15H26N4/c1-4-10-17-15(16)18-11-14(12(2)3)19-13-8-6-5-7-9-13/h5-9,12,14,19H,4,10-11H2,1-3H3,(H3,16,17,18). The molecule has 1 rings (SSSR count). The first-order valence-corrected chi connectivity index (χ1v) is 6.98. The van der Waals surface area contributed by atoms with Crippen molar-refractivity contribution < 1.29 is 0 Å². The fourth-order valence-electron chi connectivity index (χ4n) is 1.68. The first-order valence-electron chi connectivity index (χ1n) is 6.98. The van der Waals surface area contributed by atoms with E-state index in [-0.39, 0.29) is 6.04 Å². The van der Waals surface area contributed by atoms with Gasteiger partial charge >= 0.3 is 0 Å². The zero-order valence-electron chi connectivity index (χ0n) is 12.2. The number of nitrogens with one attached hydrogen (secondary N) is 2. The molecular weight excluding hydrogens is 236 g/mol. The van der Waals surface area contributed by atoms with Gasteiger partial charge in [-0.15, -0.1) is 0 Å². The second-order valence-corrected chi connectivity index (χ2v) is 5.01. The number of nitrogens with two attached hydrogens (primary N) is 1. The largest absolute Gasteiger partial charge is 0.380 e. The zero-order valence-corrected chi connectivity index (χ0v) is 12.2. The lowest BCUT2D eigenvalue weighted by atomic mass is 10.0. The van der Waals surface area contributed by atoms with E-state index in [0.717, 1.165) is 18.7 Å². The minimum Gasteiger partial charge on any atom is -0.380 e. The van der Waals surface area contributed by atoms with Gasteiger partial charge in [0.15, 0.2) is 5.96 Å². The molecule has 0 saturated heterocycles. The van der Waals surface area contributed by atoms with Crippen LogP contribution in [0.1, 0.15) is 27.2 Å². The van der Waals surface area contributed by atoms with Gasteiger partial charge in [0, 0.05) is 18.3 Å². The van der Waals surface area contributed by atoms with Crippen LogP contribution in [-0.2, 0) is 0 Å². The zero-order chi connectivity index (χ0) is 14.1. The number of para-hydroxylation sites is 1. The number of guanidine groups is 1. The summed E-state index contributed by atoms with van der Waals surface area (Å²) in [4.78, 5) is 4.40. The summed E-state index contributed by atoms with van der Waals surface area (Å²) in [6, 6.07) is 10.5. The molecular formula is C15H26N4. The Kier molecular flexibility index (Phi) is 6.79. The molecule has 0 bridgehead atoms. The number of aliphatic imine (C=N–C) groups is 1. The highest BCUT2D eigenvalue weighted by Gasteiger charge is 2.12. The summed E-state index contributed by atoms with van der Waals surface area (Å²) >= 11 is 0. The van der Waals surface area contributed by atoms with Crippen LogP contribution >= 0.6 is 0 Å². The lowest BCUT2D eigenvalue weighted by Crippen LogP contribution is -2.35. The number of nitrogens with zero attached hydrogens (tertiary/aromatic N) is 1. The van der Waals surface area contributed by atoms with Crippen molar-refractivity contribution in [3.8, 4) is 0 Å². The molecule has 0 radical (unpaired) electrons. The Morgan fingerprint density at radius 3 is 2.53 bits per heavy atom. The number of hydrogen-bond donors (Lipinski definition) is 3. The molecule has 0 heterocycles. The van der Waals surface area contributed by atoms with Crippen molar-refractivity contribution in [1.82, 2.24) is 5.32 Å². The minimum atomic E-state index is 0.282. The van der Waals surface area contributed by atoms with Crippen LogP contribution in [-0.4, -0.2) is 25.1 Å². The molecule has 19 heavy (non-hydrogen) atoms. The summed E-state index contributed by atoms with van der Waals surface area (Å²) in [5, 5.41) is 6.59. The van der Waals surface area contributed by atoms with E-state index in [1.807, 2.05) is 18.2 Å². The summed E-state index contributed by atoms with van der Waals surface area (Å²) in [5.74, 6) is 1.02. The summed E-state index contributed by atoms with van der Waals surface area (Å²) in [6.07, 6.45) is 1.05. The average Bonchev–Trinajstić information content (AvgIpc) is 2.41. The highest BCUT2D eigenvalue weighted by atomic mass is 15.1. The third kappa shape index (κ3) is 6.13. The molecule has 0 spiro atoms. The molecule has 1 atom stereocenters. The molecule has 1 aromatic rings. The highest BCUT2D eigenvalue weighted by Crippen LogP contribution is 2.12. The third-order valence-corrected chi connectivity index (χ3v) is 2.95. The van der Waals surface area contributed by atoms with E-state index in [2.05, 4.69) is 48.5 Å². The predicted octanol–water partition coefficient (Wildman–Crippen LogP) is 2.44. The molecule has 4 nitrogen and oxygen atoms in total. The molecule has 0 saturated carbocycles. The van der Waals surface area contributed by atoms with E-state index in [4.69, 9.17) is 5.73 Å². The van der Waals surface area contributed by atoms with Crippen molar-refractivity contribution in [2.24, 2.45) is 16.6 Å². The second-order valence-electron chi connectivity index (χ2n) is 5.01. The molecule has 0 amide bonds. The Morgan fingerprint density at radius 2 is 1.95 bits per heavy atom. The molecule has 106 valence electrons. The molecule has 0 fully saturated rings. The Hall–Kier alpha value is -1.71. The SMILES string of the molecule is CCCNC(N)=NCC(Nc1ccccc1)C(C)C. The van der Waals surface area contributed by atoms with E-state index in [0.29, 0.717) is 18.4 Å². The molecule has 4 N–H and O–H groups in total. The van der Waals surface area contributed by atoms with Crippen LogP contribution in [0.15, 0.2) is 35.3 Å². The number of rotatable bonds is 7. The second kappa shape index (κ2) is 8.40. The monoisotopic (exact) mass is 262 g/mol. The maximum absolute atomic E-state index is 5.81. The molecule has 1 unspecified atom stereocenters. The fourth-order valence-corrected chi connectivity index (χ4v) is 1.68. The Labute approximate surface area is 116 Å². The van der Waals surface area contributed by atoms with Crippen molar-refractivity contribution in [1.29, 1.82) is 0 Å². The summed E-state index contributed by atoms with van der Waals surface area (Å²) in [5.41, 5.74) is 6.93. The lowest BCUT2D eigenvalue weighted by molar-refractivity contribution is 0.531. The number of benzene rings is 1. The van der Waals surface area contributed by atoms with Crippen LogP contribution in [0.5, 0.6) is 0 Å². The first kappa shape index (κ1) is 15.3. The van der Waals surface area contributed by atoms with Crippen molar-refractivity contribution in [3.63, 3.8) is 0 Å². The molecule has 0 aliphatic heterocycles. The molecule has 0 aliphatic rings. The number of hydrogen-bond acceptors (Lipinski definition) is 2. The molecule has 0 aliphatic carbocycles. The Balaban J connectivity index is 2.54. The Bertz CT molecular complexity index is 373. The first-order chi connectivity index (χ1) is 9.13. The van der Waals surface area contributed by atoms with Crippen molar-refractivity contribution in [2.75, 3.05) is 18.4 Å². The predicted molar refractivity (Wildman–Crippen MR) is 83.5 cm³/mol. The van der Waals surface area contributed by atoms with Gasteiger partial charge in [-0.3, -0.25) is 4.99 Å². The van der Waals surface area contributed by atoms with Gasteiger partial charge in [0.1, 0.15) is 0 Å². The van der Waals surface area contributed by atoms with Crippen molar-refractivity contribution >= 4 is 11.6 Å². The smallest absolute Gasteiger partial charge is 0.188 e. The molecule has 0 aromatic heterocycles. The molecule has 1 aromatic carbocycles. The number of anilines is 1. The lowest BCUT2D eigenvalue weighted by Gasteiger charge is -2.22. The van der Waals surface area contributed by atoms with Gasteiger partial charge in [0.2, 0.25) is 0 Å². The van der Waals surface area contributed by atoms with Crippen LogP contribution in [0.2, 0.25) is 0 Å². The van der Waals surface area contributed by atoms with Crippen molar-refractivity contribution in [2.45, 2.75) is 33.2 Å². The summed E-state index contributed by atoms with van der Waals surface area (Å²) in [7, 11) is 0. The quantitative estimate of drug-likeness (QED) is 0.522. The maximum atomic E-state index is 5.81. The van der Waals surface area contributed by atoms with E-state index >= 15 is 0 Å². The van der Waals surface area contributed by atoms with Gasteiger partial charge in [-0.05, 0) is 24.5 Å². The van der Waals surface area contributed by atoms with Crippen LogP contribution in [0.25, 0.3) is 0 Å². The van der Waals surface area contributed by atoms with Crippen LogP contribution in [0.4, 0.5) is 5.69 Å². The van der Waals surface area contributed by atoms with Crippen LogP contribution in [0.3, 0.4) is 0 Å². The van der Waals surface area contributed by atoms with Gasteiger partial charge in [0.05, 0.1) is 6.54 Å². The average molecular weight is 262 g/mol. The van der Waals surface area contributed by atoms with Gasteiger partial charge < -0.3 is 16.4 Å². The third-order valence-electron chi connectivity index (χ3n) is 2.95. The highest BCUT2D eigenvalue weighted by molar-refractivity contribution is 5.77. The van der Waals surface area contributed by atoms with Gasteiger partial charge in [-0.2, -0.15) is 0 Å². The van der Waals surface area contributed by atoms with Crippen LogP contribution < -0.4 is 16.4 Å². The van der Waals surface area contributed by atoms with Gasteiger partial charge in [-0.25, -0.2) is 0 Å². The van der Waals surface area contributed by atoms with E-state index in [1.54, 1.807) is 0 Å². The van der Waals surface area contributed by atoms with Crippen LogP contribution in [0, 0.1) is 5.92 Å². The summed E-state index contributed by atoms with van der Waals surface area (Å²) < 4.78 is 0. The summed E-state index contributed by atoms with van der Waals surface area (Å²) in [6.45, 7) is 8.02. The normalized spacial score (nSPS) is 13.4. The minimum absolute atomic E-state index is 0.282. The van der Waals surface area contributed by atoms with E-state index in [1.165, 1.54) is 0 Å². The van der Waals surface area contributed by atoms with E-state index in [9.17, 15) is 0 Å².